The van der Waals surface area contributed by atoms with Gasteiger partial charge in [-0.05, 0) is 25.1 Å². The number of carbonyl (C=O) groups excluding carboxylic acids is 1. The molecule has 1 atom stereocenters. The molecule has 10 nitrogen and oxygen atoms in total. The number of esters is 1. The Labute approximate surface area is 193 Å². The number of aliphatic carboxylic acids is 1. The van der Waals surface area contributed by atoms with E-state index in [9.17, 15) is 14.0 Å². The van der Waals surface area contributed by atoms with Crippen LogP contribution in [0.15, 0.2) is 53.1 Å². The van der Waals surface area contributed by atoms with E-state index in [4.69, 9.17) is 14.4 Å². The van der Waals surface area contributed by atoms with Crippen molar-refractivity contribution < 1.29 is 28.3 Å². The standard InChI is InChI=1S/C23H20FN5O5/c1-13-18(11-21(32)33-14(2)17-5-3-4-6-19(17)24)22(34-27-13)15-7-9-16(10-8-15)23-25-28-29(26-23)12-20(30)31/h3-10,14H,11-12H2,1-2H3,(H,30,31)/t14-/m1/s1. The number of benzene rings is 2. The van der Waals surface area contributed by atoms with Gasteiger partial charge in [-0.3, -0.25) is 9.59 Å². The van der Waals surface area contributed by atoms with Crippen molar-refractivity contribution in [2.45, 2.75) is 32.9 Å². The van der Waals surface area contributed by atoms with Crippen molar-refractivity contribution in [1.82, 2.24) is 25.4 Å². The molecule has 2 aromatic carbocycles. The van der Waals surface area contributed by atoms with Crippen LogP contribution in [-0.4, -0.2) is 42.4 Å². The Kier molecular flexibility index (Phi) is 6.44. The van der Waals surface area contributed by atoms with Gasteiger partial charge in [0.15, 0.2) is 12.3 Å². The minimum absolute atomic E-state index is 0.101. The zero-order chi connectivity index (χ0) is 24.2. The highest BCUT2D eigenvalue weighted by molar-refractivity contribution is 5.77. The highest BCUT2D eigenvalue weighted by Crippen LogP contribution is 2.29. The van der Waals surface area contributed by atoms with Gasteiger partial charge in [0.25, 0.3) is 0 Å². The Balaban J connectivity index is 1.49. The number of aromatic nitrogens is 5. The van der Waals surface area contributed by atoms with Gasteiger partial charge in [0.1, 0.15) is 11.9 Å². The lowest BCUT2D eigenvalue weighted by molar-refractivity contribution is -0.148. The highest BCUT2D eigenvalue weighted by atomic mass is 19.1. The first-order valence-electron chi connectivity index (χ1n) is 10.3. The third kappa shape index (κ3) is 4.98. The Morgan fingerprint density at radius 1 is 1.15 bits per heavy atom. The number of hydrogen-bond acceptors (Lipinski definition) is 8. The minimum Gasteiger partial charge on any atom is -0.480 e. The average Bonchev–Trinajstić information content (AvgIpc) is 3.40. The molecule has 0 aliphatic heterocycles. The number of nitrogens with zero attached hydrogens (tertiary/aromatic N) is 5. The van der Waals surface area contributed by atoms with Gasteiger partial charge in [0.05, 0.1) is 12.1 Å². The largest absolute Gasteiger partial charge is 0.480 e. The molecule has 2 heterocycles. The molecule has 174 valence electrons. The van der Waals surface area contributed by atoms with Crippen LogP contribution in [0.3, 0.4) is 0 Å². The topological polar surface area (TPSA) is 133 Å². The van der Waals surface area contributed by atoms with E-state index in [-0.39, 0.29) is 12.2 Å². The molecular weight excluding hydrogens is 445 g/mol. The molecule has 0 unspecified atom stereocenters. The van der Waals surface area contributed by atoms with E-state index in [0.29, 0.717) is 33.7 Å². The fourth-order valence-electron chi connectivity index (χ4n) is 3.39. The Morgan fingerprint density at radius 3 is 2.56 bits per heavy atom. The summed E-state index contributed by atoms with van der Waals surface area (Å²) in [4.78, 5) is 24.3. The summed E-state index contributed by atoms with van der Waals surface area (Å²) < 4.78 is 24.9. The van der Waals surface area contributed by atoms with Crippen LogP contribution in [-0.2, 0) is 27.3 Å². The highest BCUT2D eigenvalue weighted by Gasteiger charge is 2.22. The number of rotatable bonds is 8. The smallest absolute Gasteiger partial charge is 0.327 e. The number of halogens is 1. The molecule has 0 radical (unpaired) electrons. The molecule has 34 heavy (non-hydrogen) atoms. The van der Waals surface area contributed by atoms with Crippen LogP contribution in [0.4, 0.5) is 4.39 Å². The van der Waals surface area contributed by atoms with Crippen LogP contribution in [0.1, 0.15) is 29.8 Å². The number of carboxylic acid groups (broad SMARTS) is 1. The molecule has 0 aliphatic carbocycles. The molecule has 0 saturated heterocycles. The molecule has 2 aromatic heterocycles. The Morgan fingerprint density at radius 2 is 1.85 bits per heavy atom. The zero-order valence-corrected chi connectivity index (χ0v) is 18.3. The van der Waals surface area contributed by atoms with Gasteiger partial charge in [-0.15, -0.1) is 10.2 Å². The van der Waals surface area contributed by atoms with Gasteiger partial charge >= 0.3 is 11.9 Å². The molecule has 0 fully saturated rings. The van der Waals surface area contributed by atoms with Gasteiger partial charge in [0.2, 0.25) is 5.82 Å². The summed E-state index contributed by atoms with van der Waals surface area (Å²) >= 11 is 0. The summed E-state index contributed by atoms with van der Waals surface area (Å²) in [6.45, 7) is 2.93. The van der Waals surface area contributed by atoms with Crippen molar-refractivity contribution in [3.8, 4) is 22.7 Å². The molecule has 11 heteroatoms. The maximum Gasteiger partial charge on any atom is 0.327 e. The molecular formula is C23H20FN5O5. The second-order valence-electron chi connectivity index (χ2n) is 7.52. The van der Waals surface area contributed by atoms with Crippen LogP contribution in [0.25, 0.3) is 22.7 Å². The van der Waals surface area contributed by atoms with Crippen LogP contribution in [0, 0.1) is 12.7 Å². The van der Waals surface area contributed by atoms with Crippen molar-refractivity contribution in [3.63, 3.8) is 0 Å². The molecule has 0 saturated carbocycles. The monoisotopic (exact) mass is 465 g/mol. The van der Waals surface area contributed by atoms with Gasteiger partial charge in [-0.2, -0.15) is 4.80 Å². The number of ether oxygens (including phenoxy) is 1. The summed E-state index contributed by atoms with van der Waals surface area (Å²) in [5, 5.41) is 24.4. The second kappa shape index (κ2) is 9.61. The predicted molar refractivity (Wildman–Crippen MR) is 116 cm³/mol. The first-order valence-corrected chi connectivity index (χ1v) is 10.3. The molecule has 0 bridgehead atoms. The number of tetrazole rings is 1. The van der Waals surface area contributed by atoms with E-state index in [1.54, 1.807) is 56.3 Å². The lowest BCUT2D eigenvalue weighted by atomic mass is 10.0. The zero-order valence-electron chi connectivity index (χ0n) is 18.3. The third-order valence-corrected chi connectivity index (χ3v) is 5.09. The van der Waals surface area contributed by atoms with Crippen molar-refractivity contribution in [2.75, 3.05) is 0 Å². The van der Waals surface area contributed by atoms with Crippen LogP contribution in [0.5, 0.6) is 0 Å². The summed E-state index contributed by atoms with van der Waals surface area (Å²) in [5.74, 6) is -1.38. The fraction of sp³-hybridized carbons (Fsp3) is 0.217. The second-order valence-corrected chi connectivity index (χ2v) is 7.52. The number of aryl methyl sites for hydroxylation is 1. The van der Waals surface area contributed by atoms with E-state index in [2.05, 4.69) is 20.6 Å². The van der Waals surface area contributed by atoms with Crippen molar-refractivity contribution in [1.29, 1.82) is 0 Å². The molecule has 0 amide bonds. The molecule has 4 rings (SSSR count). The van der Waals surface area contributed by atoms with Crippen molar-refractivity contribution >= 4 is 11.9 Å². The molecule has 0 aliphatic rings. The average molecular weight is 465 g/mol. The first-order chi connectivity index (χ1) is 16.3. The molecule has 0 spiro atoms. The van der Waals surface area contributed by atoms with E-state index >= 15 is 0 Å². The maximum atomic E-state index is 14.0. The fourth-order valence-corrected chi connectivity index (χ4v) is 3.39. The van der Waals surface area contributed by atoms with E-state index in [1.165, 1.54) is 6.07 Å². The normalized spacial score (nSPS) is 11.9. The minimum atomic E-state index is -1.07. The van der Waals surface area contributed by atoms with Gasteiger partial charge in [-0.25, -0.2) is 4.39 Å². The SMILES string of the molecule is Cc1noc(-c2ccc(-c3nnn(CC(=O)O)n3)cc2)c1CC(=O)O[C@H](C)c1ccccc1F. The summed E-state index contributed by atoms with van der Waals surface area (Å²) in [6, 6.07) is 13.0. The summed E-state index contributed by atoms with van der Waals surface area (Å²) in [7, 11) is 0. The third-order valence-electron chi connectivity index (χ3n) is 5.09. The van der Waals surface area contributed by atoms with Crippen LogP contribution >= 0.6 is 0 Å². The first kappa shape index (κ1) is 22.8. The van der Waals surface area contributed by atoms with Crippen LogP contribution < -0.4 is 0 Å². The van der Waals surface area contributed by atoms with Crippen molar-refractivity contribution in [3.05, 3.63) is 71.2 Å². The van der Waals surface area contributed by atoms with E-state index < -0.39 is 30.4 Å². The number of hydrogen-bond donors (Lipinski definition) is 1. The molecule has 1 N–H and O–H groups in total. The Hall–Kier alpha value is -4.41. The van der Waals surface area contributed by atoms with Gasteiger partial charge in [0, 0.05) is 22.3 Å². The van der Waals surface area contributed by atoms with Gasteiger partial charge < -0.3 is 14.4 Å². The van der Waals surface area contributed by atoms with E-state index in [0.717, 1.165) is 4.80 Å². The molecule has 4 aromatic rings. The van der Waals surface area contributed by atoms with Gasteiger partial charge in [-0.1, -0.05) is 47.6 Å². The predicted octanol–water partition coefficient (Wildman–Crippen LogP) is 3.37. The Bertz CT molecular complexity index is 1330. The lowest BCUT2D eigenvalue weighted by Crippen LogP contribution is -2.13. The lowest BCUT2D eigenvalue weighted by Gasteiger charge is -2.14. The number of carboxylic acids is 1. The number of carbonyl (C=O) groups is 2. The summed E-state index contributed by atoms with van der Waals surface area (Å²) in [5.41, 5.74) is 2.67. The van der Waals surface area contributed by atoms with E-state index in [1.807, 2.05) is 0 Å². The van der Waals surface area contributed by atoms with Crippen LogP contribution in [0.2, 0.25) is 0 Å². The maximum absolute atomic E-state index is 14.0. The summed E-state index contributed by atoms with van der Waals surface area (Å²) in [6.07, 6.45) is -0.852. The quantitative estimate of drug-likeness (QED) is 0.389. The van der Waals surface area contributed by atoms with Crippen molar-refractivity contribution in [2.24, 2.45) is 0 Å².